The number of Topliss-reactive ketones (excluding diaryl/α,β-unsaturated/α-hetero) is 1. The number of fused-ring (bicyclic) bond motifs is 1. The van der Waals surface area contributed by atoms with E-state index in [4.69, 9.17) is 9.47 Å². The first-order valence-corrected chi connectivity index (χ1v) is 12.5. The molecule has 3 aromatic rings. The van der Waals surface area contributed by atoms with Crippen molar-refractivity contribution in [1.82, 2.24) is 4.90 Å². The summed E-state index contributed by atoms with van der Waals surface area (Å²) in [5.41, 5.74) is -0.206. The fraction of sp³-hybridized carbons (Fsp3) is 0.345. The Hall–Kier alpha value is -3.95. The summed E-state index contributed by atoms with van der Waals surface area (Å²) in [7, 11) is 0. The number of nitrogens with one attached hydrogen (secondary N) is 1. The molecular formula is C29H32N2O7. The van der Waals surface area contributed by atoms with Gasteiger partial charge in [-0.15, -0.1) is 0 Å². The molecule has 9 nitrogen and oxygen atoms in total. The molecule has 0 radical (unpaired) electrons. The van der Waals surface area contributed by atoms with E-state index in [0.29, 0.717) is 41.9 Å². The van der Waals surface area contributed by atoms with Gasteiger partial charge >= 0.3 is 5.97 Å². The first kappa shape index (κ1) is 27.1. The molecule has 1 fully saturated rings. The lowest BCUT2D eigenvalue weighted by molar-refractivity contribution is -0.112. The van der Waals surface area contributed by atoms with Gasteiger partial charge in [0.2, 0.25) is 0 Å². The quantitative estimate of drug-likeness (QED) is 0.231. The summed E-state index contributed by atoms with van der Waals surface area (Å²) in [4.78, 5) is 40.2. The molecule has 1 aliphatic heterocycles. The maximum absolute atomic E-state index is 13.2. The molecule has 200 valence electrons. The average molecular weight is 521 g/mol. The SMILES string of the molecule is CC(C)(C)c1cc(NC(=O)C(=O)c2ccc(OCCN3CCOCC3)c3ccccc23)c(O)c(C(=O)O)c1. The summed E-state index contributed by atoms with van der Waals surface area (Å²) in [6.07, 6.45) is 0. The molecule has 0 atom stereocenters. The number of aromatic hydroxyl groups is 1. The van der Waals surface area contributed by atoms with Crippen molar-refractivity contribution in [2.24, 2.45) is 0 Å². The van der Waals surface area contributed by atoms with Gasteiger partial charge in [0.15, 0.2) is 5.75 Å². The summed E-state index contributed by atoms with van der Waals surface area (Å²) >= 11 is 0. The zero-order chi connectivity index (χ0) is 27.4. The number of morpholine rings is 1. The molecule has 1 amide bonds. The normalized spacial score (nSPS) is 14.3. The van der Waals surface area contributed by atoms with Gasteiger partial charge in [0.25, 0.3) is 11.7 Å². The zero-order valence-corrected chi connectivity index (χ0v) is 21.7. The van der Waals surface area contributed by atoms with Crippen molar-refractivity contribution in [3.05, 3.63) is 65.2 Å². The number of ether oxygens (including phenoxy) is 2. The molecule has 3 aromatic carbocycles. The second-order valence-electron chi connectivity index (χ2n) is 10.2. The van der Waals surface area contributed by atoms with E-state index in [0.717, 1.165) is 19.6 Å². The molecule has 4 rings (SSSR count). The monoisotopic (exact) mass is 520 g/mol. The first-order chi connectivity index (χ1) is 18.1. The van der Waals surface area contributed by atoms with Gasteiger partial charge in [0.1, 0.15) is 17.9 Å². The molecular weight excluding hydrogens is 488 g/mol. The van der Waals surface area contributed by atoms with E-state index in [1.54, 1.807) is 24.3 Å². The molecule has 0 aliphatic carbocycles. The first-order valence-electron chi connectivity index (χ1n) is 12.5. The van der Waals surface area contributed by atoms with Crippen LogP contribution < -0.4 is 10.1 Å². The maximum atomic E-state index is 13.2. The second-order valence-corrected chi connectivity index (χ2v) is 10.2. The topological polar surface area (TPSA) is 125 Å². The second kappa shape index (κ2) is 11.2. The Labute approximate surface area is 221 Å². The van der Waals surface area contributed by atoms with Crippen LogP contribution in [0.1, 0.15) is 47.1 Å². The van der Waals surface area contributed by atoms with Crippen molar-refractivity contribution in [3.8, 4) is 11.5 Å². The fourth-order valence-electron chi connectivity index (χ4n) is 4.33. The molecule has 0 saturated carbocycles. The number of carboxylic acids is 1. The number of aromatic carboxylic acids is 1. The molecule has 1 saturated heterocycles. The Bertz CT molecular complexity index is 1370. The standard InChI is InChI=1S/C29H32N2O7/c1-29(2,3)18-16-22(28(35)36)25(32)23(17-18)30-27(34)26(33)21-8-9-24(20-7-5-4-6-19(20)21)38-15-12-31-10-13-37-14-11-31/h4-9,16-17,32H,10-15H2,1-3H3,(H,30,34)(H,35,36). The lowest BCUT2D eigenvalue weighted by atomic mass is 9.85. The van der Waals surface area contributed by atoms with Gasteiger partial charge in [0, 0.05) is 30.6 Å². The highest BCUT2D eigenvalue weighted by Crippen LogP contribution is 2.35. The van der Waals surface area contributed by atoms with Crippen LogP contribution in [0.25, 0.3) is 10.8 Å². The van der Waals surface area contributed by atoms with E-state index in [2.05, 4.69) is 10.2 Å². The summed E-state index contributed by atoms with van der Waals surface area (Å²) in [6, 6.07) is 13.2. The maximum Gasteiger partial charge on any atom is 0.339 e. The van der Waals surface area contributed by atoms with Crippen molar-refractivity contribution in [2.75, 3.05) is 44.8 Å². The Morgan fingerprint density at radius 2 is 1.68 bits per heavy atom. The number of carboxylic acid groups (broad SMARTS) is 1. The van der Waals surface area contributed by atoms with Crippen LogP contribution in [-0.4, -0.2) is 72.2 Å². The summed E-state index contributed by atoms with van der Waals surface area (Å²) in [6.45, 7) is 9.96. The molecule has 3 N–H and O–H groups in total. The summed E-state index contributed by atoms with van der Waals surface area (Å²) < 4.78 is 11.4. The van der Waals surface area contributed by atoms with E-state index in [1.807, 2.05) is 32.9 Å². The number of carbonyl (C=O) groups excluding carboxylic acids is 2. The largest absolute Gasteiger partial charge is 0.505 e. The van der Waals surface area contributed by atoms with Gasteiger partial charge < -0.3 is 25.0 Å². The van der Waals surface area contributed by atoms with Crippen LogP contribution in [0.15, 0.2) is 48.5 Å². The smallest absolute Gasteiger partial charge is 0.339 e. The zero-order valence-electron chi connectivity index (χ0n) is 21.7. The van der Waals surface area contributed by atoms with Gasteiger partial charge in [-0.25, -0.2) is 4.79 Å². The highest BCUT2D eigenvalue weighted by molar-refractivity contribution is 6.48. The van der Waals surface area contributed by atoms with Crippen molar-refractivity contribution in [1.29, 1.82) is 0 Å². The predicted molar refractivity (Wildman–Crippen MR) is 143 cm³/mol. The minimum absolute atomic E-state index is 0.138. The Morgan fingerprint density at radius 3 is 2.34 bits per heavy atom. The number of rotatable bonds is 8. The third-order valence-corrected chi connectivity index (χ3v) is 6.56. The van der Waals surface area contributed by atoms with Crippen LogP contribution >= 0.6 is 0 Å². The minimum Gasteiger partial charge on any atom is -0.505 e. The van der Waals surface area contributed by atoms with E-state index in [-0.39, 0.29) is 16.8 Å². The van der Waals surface area contributed by atoms with E-state index < -0.39 is 28.8 Å². The van der Waals surface area contributed by atoms with Gasteiger partial charge in [-0.3, -0.25) is 14.5 Å². The van der Waals surface area contributed by atoms with E-state index in [1.165, 1.54) is 12.1 Å². The summed E-state index contributed by atoms with van der Waals surface area (Å²) in [5.74, 6) is -3.16. The number of hydrogen-bond acceptors (Lipinski definition) is 7. The molecule has 0 unspecified atom stereocenters. The van der Waals surface area contributed by atoms with E-state index >= 15 is 0 Å². The van der Waals surface area contributed by atoms with Crippen LogP contribution in [0.5, 0.6) is 11.5 Å². The van der Waals surface area contributed by atoms with Crippen molar-refractivity contribution < 1.29 is 34.1 Å². The number of hydrogen-bond donors (Lipinski definition) is 3. The number of benzene rings is 3. The minimum atomic E-state index is -1.34. The number of amides is 1. The lowest BCUT2D eigenvalue weighted by Crippen LogP contribution is -2.38. The Kier molecular flexibility index (Phi) is 7.99. The number of nitrogens with zero attached hydrogens (tertiary/aromatic N) is 1. The van der Waals surface area contributed by atoms with Crippen molar-refractivity contribution in [3.63, 3.8) is 0 Å². The van der Waals surface area contributed by atoms with Gasteiger partial charge in [-0.1, -0.05) is 45.0 Å². The number of anilines is 1. The van der Waals surface area contributed by atoms with Crippen LogP contribution in [0.2, 0.25) is 0 Å². The van der Waals surface area contributed by atoms with E-state index in [9.17, 15) is 24.6 Å². The van der Waals surface area contributed by atoms with Crippen molar-refractivity contribution in [2.45, 2.75) is 26.2 Å². The van der Waals surface area contributed by atoms with Crippen LogP contribution in [0.4, 0.5) is 5.69 Å². The number of phenols is 1. The van der Waals surface area contributed by atoms with Crippen molar-refractivity contribution >= 4 is 34.1 Å². The third kappa shape index (κ3) is 5.95. The molecule has 0 aromatic heterocycles. The molecule has 0 bridgehead atoms. The third-order valence-electron chi connectivity index (χ3n) is 6.56. The fourth-order valence-corrected chi connectivity index (χ4v) is 4.33. The highest BCUT2D eigenvalue weighted by Gasteiger charge is 2.25. The Morgan fingerprint density at radius 1 is 1.00 bits per heavy atom. The number of ketones is 1. The summed E-state index contributed by atoms with van der Waals surface area (Å²) in [5, 5.41) is 23.7. The molecule has 0 spiro atoms. The predicted octanol–water partition coefficient (Wildman–Crippen LogP) is 4.07. The average Bonchev–Trinajstić information content (AvgIpc) is 2.89. The van der Waals surface area contributed by atoms with Gasteiger partial charge in [-0.2, -0.15) is 0 Å². The van der Waals surface area contributed by atoms with Crippen LogP contribution in [-0.2, 0) is 14.9 Å². The number of carbonyl (C=O) groups is 3. The molecule has 38 heavy (non-hydrogen) atoms. The lowest BCUT2D eigenvalue weighted by Gasteiger charge is -2.26. The van der Waals surface area contributed by atoms with Crippen LogP contribution in [0, 0.1) is 0 Å². The van der Waals surface area contributed by atoms with Crippen LogP contribution in [0.3, 0.4) is 0 Å². The Balaban J connectivity index is 1.57. The molecule has 9 heteroatoms. The molecule has 1 aliphatic rings. The molecule has 1 heterocycles. The van der Waals surface area contributed by atoms with Gasteiger partial charge in [0.05, 0.1) is 18.9 Å². The highest BCUT2D eigenvalue weighted by atomic mass is 16.5. The van der Waals surface area contributed by atoms with Gasteiger partial charge in [-0.05, 0) is 40.6 Å².